The van der Waals surface area contributed by atoms with Crippen molar-refractivity contribution >= 4 is 17.8 Å². The van der Waals surface area contributed by atoms with Gasteiger partial charge in [-0.1, -0.05) is 13.3 Å². The van der Waals surface area contributed by atoms with E-state index in [1.807, 2.05) is 0 Å². The summed E-state index contributed by atoms with van der Waals surface area (Å²) < 4.78 is 5.08. The summed E-state index contributed by atoms with van der Waals surface area (Å²) in [6.45, 7) is 2.51. The molecule has 0 aromatic heterocycles. The molecule has 0 aromatic carbocycles. The summed E-state index contributed by atoms with van der Waals surface area (Å²) in [6.07, 6.45) is 3.15. The zero-order valence-electron chi connectivity index (χ0n) is 11.1. The first-order valence-electron chi connectivity index (χ1n) is 7.15. The van der Waals surface area contributed by atoms with Crippen molar-refractivity contribution < 1.29 is 19.1 Å². The average molecular weight is 265 g/mol. The molecule has 3 aliphatic rings. The van der Waals surface area contributed by atoms with Crippen LogP contribution in [0.15, 0.2) is 0 Å². The van der Waals surface area contributed by atoms with E-state index in [1.54, 1.807) is 0 Å². The zero-order valence-corrected chi connectivity index (χ0v) is 11.1. The highest BCUT2D eigenvalue weighted by Crippen LogP contribution is 2.43. The fourth-order valence-electron chi connectivity index (χ4n) is 3.98. The van der Waals surface area contributed by atoms with E-state index in [-0.39, 0.29) is 42.1 Å². The smallest absolute Gasteiger partial charge is 0.309 e. The van der Waals surface area contributed by atoms with Crippen LogP contribution < -0.4 is 0 Å². The SMILES string of the molecule is CCC1CCC(=O)N2C(=O)CC3C(=O)OCCC3C12. The number of ether oxygens (including phenoxy) is 1. The molecule has 0 spiro atoms. The molecule has 3 heterocycles. The number of nitrogens with zero attached hydrogens (tertiary/aromatic N) is 1. The zero-order chi connectivity index (χ0) is 13.6. The molecule has 0 bridgehead atoms. The molecule has 0 N–H and O–H groups in total. The molecule has 0 saturated carbocycles. The molecule has 4 unspecified atom stereocenters. The van der Waals surface area contributed by atoms with Crippen molar-refractivity contribution in [2.24, 2.45) is 17.8 Å². The van der Waals surface area contributed by atoms with E-state index in [0.29, 0.717) is 18.9 Å². The minimum Gasteiger partial charge on any atom is -0.465 e. The minimum atomic E-state index is -0.331. The molecule has 0 aliphatic carbocycles. The van der Waals surface area contributed by atoms with Gasteiger partial charge in [0.25, 0.3) is 0 Å². The van der Waals surface area contributed by atoms with Crippen LogP contribution in [0.25, 0.3) is 0 Å². The summed E-state index contributed by atoms with van der Waals surface area (Å²) in [5.74, 6) is -0.390. The summed E-state index contributed by atoms with van der Waals surface area (Å²) in [5.41, 5.74) is 0. The molecule has 4 atom stereocenters. The lowest BCUT2D eigenvalue weighted by atomic mass is 9.68. The third-order valence-corrected chi connectivity index (χ3v) is 4.92. The van der Waals surface area contributed by atoms with Crippen molar-refractivity contribution in [2.75, 3.05) is 6.61 Å². The van der Waals surface area contributed by atoms with E-state index >= 15 is 0 Å². The van der Waals surface area contributed by atoms with Gasteiger partial charge in [0.05, 0.1) is 12.5 Å². The number of carbonyl (C=O) groups is 3. The maximum atomic E-state index is 12.2. The van der Waals surface area contributed by atoms with Gasteiger partial charge in [0.2, 0.25) is 11.8 Å². The fraction of sp³-hybridized carbons (Fsp3) is 0.786. The summed E-state index contributed by atoms with van der Waals surface area (Å²) in [6, 6.07) is -0.0784. The Bertz CT molecular complexity index is 433. The molecular formula is C14H19NO4. The van der Waals surface area contributed by atoms with E-state index in [9.17, 15) is 14.4 Å². The first kappa shape index (κ1) is 12.6. The highest BCUT2D eigenvalue weighted by molar-refractivity contribution is 5.98. The monoisotopic (exact) mass is 265 g/mol. The second kappa shape index (κ2) is 4.62. The quantitative estimate of drug-likeness (QED) is 0.526. The third kappa shape index (κ3) is 1.86. The Kier molecular flexibility index (Phi) is 3.07. The first-order chi connectivity index (χ1) is 9.13. The Balaban J connectivity index is 1.96. The van der Waals surface area contributed by atoms with Gasteiger partial charge < -0.3 is 4.74 Å². The van der Waals surface area contributed by atoms with Gasteiger partial charge >= 0.3 is 5.97 Å². The number of esters is 1. The van der Waals surface area contributed by atoms with E-state index in [2.05, 4.69) is 6.92 Å². The van der Waals surface area contributed by atoms with Crippen molar-refractivity contribution in [1.82, 2.24) is 4.90 Å². The topological polar surface area (TPSA) is 63.7 Å². The van der Waals surface area contributed by atoms with Crippen molar-refractivity contribution in [3.63, 3.8) is 0 Å². The normalized spacial score (nSPS) is 38.6. The molecule has 104 valence electrons. The number of cyclic esters (lactones) is 1. The van der Waals surface area contributed by atoms with Gasteiger partial charge in [-0.15, -0.1) is 0 Å². The van der Waals surface area contributed by atoms with E-state index in [0.717, 1.165) is 19.3 Å². The Morgan fingerprint density at radius 2 is 2.00 bits per heavy atom. The lowest BCUT2D eigenvalue weighted by Gasteiger charge is -2.50. The number of carbonyl (C=O) groups excluding carboxylic acids is 3. The summed E-state index contributed by atoms with van der Waals surface area (Å²) >= 11 is 0. The molecule has 3 fully saturated rings. The molecule has 3 rings (SSSR count). The van der Waals surface area contributed by atoms with Gasteiger partial charge in [0.1, 0.15) is 0 Å². The van der Waals surface area contributed by atoms with Crippen LogP contribution in [0, 0.1) is 17.8 Å². The Labute approximate surface area is 112 Å². The number of amides is 2. The number of rotatable bonds is 1. The second-order valence-electron chi connectivity index (χ2n) is 5.79. The van der Waals surface area contributed by atoms with Crippen LogP contribution in [0.3, 0.4) is 0 Å². The van der Waals surface area contributed by atoms with Crippen molar-refractivity contribution in [1.29, 1.82) is 0 Å². The summed E-state index contributed by atoms with van der Waals surface area (Å²) in [5, 5.41) is 0. The lowest BCUT2D eigenvalue weighted by Crippen LogP contribution is -2.62. The molecule has 3 saturated heterocycles. The number of piperidine rings is 2. The molecular weight excluding hydrogens is 246 g/mol. The largest absolute Gasteiger partial charge is 0.465 e. The highest BCUT2D eigenvalue weighted by Gasteiger charge is 2.53. The van der Waals surface area contributed by atoms with Gasteiger partial charge in [0.15, 0.2) is 0 Å². The van der Waals surface area contributed by atoms with Gasteiger partial charge in [-0.05, 0) is 24.7 Å². The summed E-state index contributed by atoms with van der Waals surface area (Å²) in [4.78, 5) is 37.6. The molecule has 0 aromatic rings. The van der Waals surface area contributed by atoms with Crippen molar-refractivity contribution in [3.05, 3.63) is 0 Å². The van der Waals surface area contributed by atoms with E-state index in [1.165, 1.54) is 4.90 Å². The molecule has 2 amide bonds. The number of fused-ring (bicyclic) bond motifs is 3. The van der Waals surface area contributed by atoms with Gasteiger partial charge in [-0.25, -0.2) is 0 Å². The van der Waals surface area contributed by atoms with Crippen LogP contribution in [0.4, 0.5) is 0 Å². The third-order valence-electron chi connectivity index (χ3n) is 4.92. The van der Waals surface area contributed by atoms with Gasteiger partial charge in [0, 0.05) is 18.9 Å². The fourth-order valence-corrected chi connectivity index (χ4v) is 3.98. The lowest BCUT2D eigenvalue weighted by molar-refractivity contribution is -0.177. The highest BCUT2D eigenvalue weighted by atomic mass is 16.5. The van der Waals surface area contributed by atoms with E-state index < -0.39 is 0 Å². The van der Waals surface area contributed by atoms with E-state index in [4.69, 9.17) is 4.74 Å². The predicted molar refractivity (Wildman–Crippen MR) is 65.8 cm³/mol. The van der Waals surface area contributed by atoms with Gasteiger partial charge in [-0.2, -0.15) is 0 Å². The average Bonchev–Trinajstić information content (AvgIpc) is 2.40. The van der Waals surface area contributed by atoms with Crippen LogP contribution in [0.2, 0.25) is 0 Å². The maximum absolute atomic E-state index is 12.2. The Morgan fingerprint density at radius 3 is 2.74 bits per heavy atom. The molecule has 19 heavy (non-hydrogen) atoms. The number of imide groups is 1. The molecule has 0 radical (unpaired) electrons. The predicted octanol–water partition coefficient (Wildman–Crippen LogP) is 1.11. The van der Waals surface area contributed by atoms with Gasteiger partial charge in [-0.3, -0.25) is 19.3 Å². The Morgan fingerprint density at radius 1 is 1.21 bits per heavy atom. The van der Waals surface area contributed by atoms with Crippen LogP contribution >= 0.6 is 0 Å². The minimum absolute atomic E-state index is 0.0582. The van der Waals surface area contributed by atoms with Crippen LogP contribution in [0.1, 0.15) is 39.0 Å². The van der Waals surface area contributed by atoms with Crippen molar-refractivity contribution in [3.8, 4) is 0 Å². The number of hydrogen-bond donors (Lipinski definition) is 0. The summed E-state index contributed by atoms with van der Waals surface area (Å²) in [7, 11) is 0. The first-order valence-corrected chi connectivity index (χ1v) is 7.15. The number of hydrogen-bond acceptors (Lipinski definition) is 4. The van der Waals surface area contributed by atoms with Crippen LogP contribution in [-0.2, 0) is 19.1 Å². The van der Waals surface area contributed by atoms with Crippen LogP contribution in [0.5, 0.6) is 0 Å². The van der Waals surface area contributed by atoms with Crippen molar-refractivity contribution in [2.45, 2.75) is 45.1 Å². The molecule has 3 aliphatic heterocycles. The molecule has 5 heteroatoms. The maximum Gasteiger partial charge on any atom is 0.309 e. The Hall–Kier alpha value is -1.39. The standard InChI is InChI=1S/C14H19NO4/c1-2-8-3-4-11(16)15-12(17)7-10-9(13(8)15)5-6-19-14(10)18/h8-10,13H,2-7H2,1H3. The van der Waals surface area contributed by atoms with Crippen LogP contribution in [-0.4, -0.2) is 35.3 Å². The second-order valence-corrected chi connectivity index (χ2v) is 5.79. The molecule has 5 nitrogen and oxygen atoms in total.